The average Bonchev–Trinajstić information content (AvgIpc) is 3.53. The first kappa shape index (κ1) is 22.1. The Kier molecular flexibility index (Phi) is 6.24. The lowest BCUT2D eigenvalue weighted by molar-refractivity contribution is -0.119. The highest BCUT2D eigenvalue weighted by atomic mass is 32.1. The fraction of sp³-hybridized carbons (Fsp3) is 0.167. The van der Waals surface area contributed by atoms with Gasteiger partial charge < -0.3 is 20.3 Å². The lowest BCUT2D eigenvalue weighted by atomic mass is 10.2. The molecule has 5 rings (SSSR count). The molecule has 34 heavy (non-hydrogen) atoms. The highest BCUT2D eigenvalue weighted by Crippen LogP contribution is 2.34. The number of para-hydroxylation sites is 3. The van der Waals surface area contributed by atoms with Crippen molar-refractivity contribution >= 4 is 72.2 Å². The van der Waals surface area contributed by atoms with Gasteiger partial charge in [-0.2, -0.15) is 0 Å². The van der Waals surface area contributed by atoms with Gasteiger partial charge in [0.1, 0.15) is 9.71 Å². The second-order valence-corrected chi connectivity index (χ2v) is 9.64. The number of aromatic nitrogens is 1. The van der Waals surface area contributed by atoms with E-state index in [1.807, 2.05) is 36.4 Å². The Hall–Kier alpha value is -3.76. The van der Waals surface area contributed by atoms with Gasteiger partial charge in [-0.25, -0.2) is 9.78 Å². The zero-order chi connectivity index (χ0) is 23.5. The largest absolute Gasteiger partial charge is 0.451 e. The fourth-order valence-corrected chi connectivity index (χ4v) is 5.67. The van der Waals surface area contributed by atoms with Crippen LogP contribution in [0.1, 0.15) is 22.5 Å². The van der Waals surface area contributed by atoms with Gasteiger partial charge in [-0.15, -0.1) is 11.3 Å². The van der Waals surface area contributed by atoms with Gasteiger partial charge in [0.2, 0.25) is 5.91 Å². The normalized spacial score (nSPS) is 13.3. The molecule has 1 aliphatic rings. The van der Waals surface area contributed by atoms with E-state index in [-0.39, 0.29) is 5.91 Å². The number of esters is 1. The van der Waals surface area contributed by atoms with E-state index in [2.05, 4.69) is 15.6 Å². The summed E-state index contributed by atoms with van der Waals surface area (Å²) in [5, 5.41) is 6.72. The minimum atomic E-state index is -0.578. The van der Waals surface area contributed by atoms with E-state index in [1.54, 1.807) is 29.2 Å². The summed E-state index contributed by atoms with van der Waals surface area (Å²) in [6, 6.07) is 18.5. The summed E-state index contributed by atoms with van der Waals surface area (Å²) in [6.07, 6.45) is 1.28. The van der Waals surface area contributed by atoms with E-state index < -0.39 is 18.5 Å². The van der Waals surface area contributed by atoms with Gasteiger partial charge in [-0.3, -0.25) is 9.59 Å². The van der Waals surface area contributed by atoms with Crippen LogP contribution in [-0.2, 0) is 14.3 Å². The maximum Gasteiger partial charge on any atom is 0.348 e. The van der Waals surface area contributed by atoms with Crippen molar-refractivity contribution < 1.29 is 19.1 Å². The number of rotatable bonds is 7. The Balaban J connectivity index is 1.19. The molecule has 0 radical (unpaired) electrons. The first-order chi connectivity index (χ1) is 16.6. The predicted molar refractivity (Wildman–Crippen MR) is 134 cm³/mol. The number of hydrogen-bond acceptors (Lipinski definition) is 8. The smallest absolute Gasteiger partial charge is 0.348 e. The van der Waals surface area contributed by atoms with Crippen molar-refractivity contribution in [2.75, 3.05) is 28.7 Å². The molecule has 3 heterocycles. The topological polar surface area (TPSA) is 101 Å². The van der Waals surface area contributed by atoms with Crippen LogP contribution in [0.3, 0.4) is 0 Å². The Morgan fingerprint density at radius 1 is 1.06 bits per heavy atom. The van der Waals surface area contributed by atoms with Gasteiger partial charge in [0, 0.05) is 18.7 Å². The molecule has 2 aromatic carbocycles. The lowest BCUT2D eigenvalue weighted by Gasteiger charge is -2.19. The van der Waals surface area contributed by atoms with E-state index in [9.17, 15) is 14.4 Å². The molecule has 2 amide bonds. The molecule has 8 nitrogen and oxygen atoms in total. The van der Waals surface area contributed by atoms with E-state index in [1.165, 1.54) is 22.7 Å². The zero-order valence-corrected chi connectivity index (χ0v) is 19.6. The number of thiophene rings is 1. The number of thiazole rings is 1. The number of ether oxygens (including phenoxy) is 1. The van der Waals surface area contributed by atoms with E-state index in [0.717, 1.165) is 26.8 Å². The highest BCUT2D eigenvalue weighted by Gasteiger charge is 2.24. The van der Waals surface area contributed by atoms with Crippen LogP contribution in [0.25, 0.3) is 9.53 Å². The molecule has 0 unspecified atom stereocenters. The fourth-order valence-electron chi connectivity index (χ4n) is 3.64. The van der Waals surface area contributed by atoms with Gasteiger partial charge in [0.05, 0.1) is 16.1 Å². The minimum Gasteiger partial charge on any atom is -0.451 e. The standard InChI is InChI=1S/C24H20N4O4S2/c29-20(26-16-9-4-5-10-17(16)28-12-6-11-21(28)30)14-32-23(31)19-13-18-22(33-19)27-24(34-18)25-15-7-2-1-3-8-15/h1-5,7-10,13H,6,11-12,14H2,(H,25,27)(H,26,29). The molecular weight excluding hydrogens is 472 g/mol. The van der Waals surface area contributed by atoms with Crippen LogP contribution in [0.15, 0.2) is 60.7 Å². The van der Waals surface area contributed by atoms with Gasteiger partial charge in [-0.1, -0.05) is 41.7 Å². The summed E-state index contributed by atoms with van der Waals surface area (Å²) in [5.41, 5.74) is 2.09. The van der Waals surface area contributed by atoms with Gasteiger partial charge >= 0.3 is 5.97 Å². The molecule has 1 aliphatic heterocycles. The maximum atomic E-state index is 12.5. The number of benzene rings is 2. The molecule has 1 saturated heterocycles. The van der Waals surface area contributed by atoms with Crippen molar-refractivity contribution in [3.8, 4) is 0 Å². The zero-order valence-electron chi connectivity index (χ0n) is 17.9. The summed E-state index contributed by atoms with van der Waals surface area (Å²) in [4.78, 5) is 44.3. The number of anilines is 4. The molecule has 0 spiro atoms. The summed E-state index contributed by atoms with van der Waals surface area (Å²) in [6.45, 7) is 0.188. The number of carbonyl (C=O) groups is 3. The van der Waals surface area contributed by atoms with Gasteiger partial charge in [0.15, 0.2) is 11.7 Å². The molecular formula is C24H20N4O4S2. The molecule has 172 valence electrons. The van der Waals surface area contributed by atoms with E-state index >= 15 is 0 Å². The Labute approximate surface area is 203 Å². The molecule has 0 saturated carbocycles. The number of amides is 2. The number of fused-ring (bicyclic) bond motifs is 1. The summed E-state index contributed by atoms with van der Waals surface area (Å²) < 4.78 is 6.08. The first-order valence-corrected chi connectivity index (χ1v) is 12.3. The number of nitrogens with zero attached hydrogens (tertiary/aromatic N) is 2. The first-order valence-electron chi connectivity index (χ1n) is 10.7. The molecule has 10 heteroatoms. The second kappa shape index (κ2) is 9.62. The monoisotopic (exact) mass is 492 g/mol. The summed E-state index contributed by atoms with van der Waals surface area (Å²) >= 11 is 2.66. The third-order valence-corrected chi connectivity index (χ3v) is 7.25. The minimum absolute atomic E-state index is 0.0292. The highest BCUT2D eigenvalue weighted by molar-refractivity contribution is 7.29. The molecule has 4 aromatic rings. The van der Waals surface area contributed by atoms with Crippen LogP contribution >= 0.6 is 22.7 Å². The van der Waals surface area contributed by atoms with Crippen molar-refractivity contribution in [2.45, 2.75) is 12.8 Å². The maximum absolute atomic E-state index is 12.5. The van der Waals surface area contributed by atoms with Gasteiger partial charge in [0.25, 0.3) is 5.91 Å². The quantitative estimate of drug-likeness (QED) is 0.351. The molecule has 1 fully saturated rings. The Bertz CT molecular complexity index is 1330. The van der Waals surface area contributed by atoms with E-state index in [4.69, 9.17) is 4.74 Å². The van der Waals surface area contributed by atoms with Crippen molar-refractivity contribution in [1.29, 1.82) is 0 Å². The number of nitrogens with one attached hydrogen (secondary N) is 2. The summed E-state index contributed by atoms with van der Waals surface area (Å²) in [5.74, 6) is -1.02. The van der Waals surface area contributed by atoms with Crippen LogP contribution in [0.2, 0.25) is 0 Å². The third-order valence-electron chi connectivity index (χ3n) is 5.19. The molecule has 2 N–H and O–H groups in total. The van der Waals surface area contributed by atoms with Crippen molar-refractivity contribution in [1.82, 2.24) is 4.98 Å². The van der Waals surface area contributed by atoms with Crippen LogP contribution in [0.5, 0.6) is 0 Å². The average molecular weight is 493 g/mol. The van der Waals surface area contributed by atoms with Crippen LogP contribution in [0.4, 0.5) is 22.2 Å². The molecule has 0 aliphatic carbocycles. The van der Waals surface area contributed by atoms with Crippen molar-refractivity contribution in [3.63, 3.8) is 0 Å². The third kappa shape index (κ3) is 4.78. The van der Waals surface area contributed by atoms with Crippen LogP contribution in [-0.4, -0.2) is 35.9 Å². The molecule has 0 bridgehead atoms. The summed E-state index contributed by atoms with van der Waals surface area (Å²) in [7, 11) is 0. The van der Waals surface area contributed by atoms with Crippen LogP contribution < -0.4 is 15.5 Å². The van der Waals surface area contributed by atoms with Crippen molar-refractivity contribution in [3.05, 3.63) is 65.5 Å². The molecule has 2 aromatic heterocycles. The second-order valence-electron chi connectivity index (χ2n) is 7.58. The lowest BCUT2D eigenvalue weighted by Crippen LogP contribution is -2.26. The van der Waals surface area contributed by atoms with E-state index in [0.29, 0.717) is 29.2 Å². The predicted octanol–water partition coefficient (Wildman–Crippen LogP) is 5.02. The Morgan fingerprint density at radius 2 is 1.85 bits per heavy atom. The van der Waals surface area contributed by atoms with Crippen molar-refractivity contribution in [2.24, 2.45) is 0 Å². The SMILES string of the molecule is O=C(COC(=O)c1cc2sc(Nc3ccccc3)nc2s1)Nc1ccccc1N1CCCC1=O. The Morgan fingerprint density at radius 3 is 2.62 bits per heavy atom. The van der Waals surface area contributed by atoms with Gasteiger partial charge in [-0.05, 0) is 36.8 Å². The number of hydrogen-bond donors (Lipinski definition) is 2. The van der Waals surface area contributed by atoms with Crippen LogP contribution in [0, 0.1) is 0 Å². The number of carbonyl (C=O) groups excluding carboxylic acids is 3. The molecule has 0 atom stereocenters.